The van der Waals surface area contributed by atoms with Crippen LogP contribution in [0.2, 0.25) is 0 Å². The summed E-state index contributed by atoms with van der Waals surface area (Å²) < 4.78 is 5.50. The van der Waals surface area contributed by atoms with Crippen molar-refractivity contribution in [3.05, 3.63) is 0 Å². The Bertz CT molecular complexity index is 144. The maximum Gasteiger partial charge on any atom is 0.0591 e. The molecule has 0 aromatic heterocycles. The molecule has 0 saturated heterocycles. The monoisotopic (exact) mass is 200 g/mol. The summed E-state index contributed by atoms with van der Waals surface area (Å²) in [7, 11) is 0. The van der Waals surface area contributed by atoms with Crippen molar-refractivity contribution in [2.45, 2.75) is 45.2 Å². The highest BCUT2D eigenvalue weighted by molar-refractivity contribution is 4.87. The molecule has 0 unspecified atom stereocenters. The van der Waals surface area contributed by atoms with Gasteiger partial charge in [-0.2, -0.15) is 0 Å². The molecule has 0 amide bonds. The van der Waals surface area contributed by atoms with Crippen LogP contribution in [0.4, 0.5) is 0 Å². The zero-order valence-corrected chi connectivity index (χ0v) is 9.46. The molecule has 14 heavy (non-hydrogen) atoms. The van der Waals surface area contributed by atoms with Gasteiger partial charge in [0.15, 0.2) is 0 Å². The average Bonchev–Trinajstić information content (AvgIpc) is 2.07. The Morgan fingerprint density at radius 3 is 2.64 bits per heavy atom. The standard InChI is InChI=1S/C11H24N2O/c1-9(2)3-5-14-6-4-13-11-7-10(12)8-11/h9-11,13H,3-8,12H2,1-2H3. The van der Waals surface area contributed by atoms with Crippen LogP contribution in [0.1, 0.15) is 33.1 Å². The van der Waals surface area contributed by atoms with Gasteiger partial charge >= 0.3 is 0 Å². The zero-order valence-electron chi connectivity index (χ0n) is 9.46. The molecule has 0 bridgehead atoms. The van der Waals surface area contributed by atoms with E-state index in [1.807, 2.05) is 0 Å². The average molecular weight is 200 g/mol. The van der Waals surface area contributed by atoms with Crippen molar-refractivity contribution in [3.63, 3.8) is 0 Å². The summed E-state index contributed by atoms with van der Waals surface area (Å²) in [5.41, 5.74) is 5.68. The van der Waals surface area contributed by atoms with Crippen molar-refractivity contribution < 1.29 is 4.74 Å². The van der Waals surface area contributed by atoms with Crippen LogP contribution in [0, 0.1) is 5.92 Å². The third kappa shape index (κ3) is 4.94. The highest BCUT2D eigenvalue weighted by Crippen LogP contribution is 2.16. The summed E-state index contributed by atoms with van der Waals surface area (Å²) in [6.45, 7) is 7.13. The molecule has 0 aromatic rings. The summed E-state index contributed by atoms with van der Waals surface area (Å²) in [6.07, 6.45) is 3.42. The van der Waals surface area contributed by atoms with Crippen molar-refractivity contribution in [2.24, 2.45) is 11.7 Å². The number of hydrogen-bond acceptors (Lipinski definition) is 3. The molecule has 84 valence electrons. The maximum atomic E-state index is 5.68. The van der Waals surface area contributed by atoms with Gasteiger partial charge < -0.3 is 15.8 Å². The van der Waals surface area contributed by atoms with Gasteiger partial charge in [-0.1, -0.05) is 13.8 Å². The SMILES string of the molecule is CC(C)CCOCCNC1CC(N)C1. The molecule has 1 fully saturated rings. The van der Waals surface area contributed by atoms with Crippen LogP contribution in [0.5, 0.6) is 0 Å². The number of hydrogen-bond donors (Lipinski definition) is 2. The van der Waals surface area contributed by atoms with Gasteiger partial charge in [-0.15, -0.1) is 0 Å². The van der Waals surface area contributed by atoms with Crippen LogP contribution in [0.15, 0.2) is 0 Å². The van der Waals surface area contributed by atoms with Crippen LogP contribution in [0.3, 0.4) is 0 Å². The van der Waals surface area contributed by atoms with Gasteiger partial charge in [0.05, 0.1) is 6.61 Å². The summed E-state index contributed by atoms with van der Waals surface area (Å²) in [5, 5.41) is 3.43. The predicted octanol–water partition coefficient (Wildman–Crippen LogP) is 1.13. The maximum absolute atomic E-state index is 5.68. The first-order chi connectivity index (χ1) is 6.68. The van der Waals surface area contributed by atoms with Crippen molar-refractivity contribution >= 4 is 0 Å². The zero-order chi connectivity index (χ0) is 10.4. The van der Waals surface area contributed by atoms with Crippen molar-refractivity contribution in [1.29, 1.82) is 0 Å². The molecule has 0 aromatic carbocycles. The third-order valence-corrected chi connectivity index (χ3v) is 2.69. The second-order valence-corrected chi connectivity index (χ2v) is 4.68. The Labute approximate surface area is 87.4 Å². The summed E-state index contributed by atoms with van der Waals surface area (Å²) in [6, 6.07) is 1.09. The van der Waals surface area contributed by atoms with Crippen LogP contribution in [-0.2, 0) is 4.74 Å². The summed E-state index contributed by atoms with van der Waals surface area (Å²) in [4.78, 5) is 0. The molecule has 0 spiro atoms. The molecule has 1 rings (SSSR count). The van der Waals surface area contributed by atoms with Gasteiger partial charge in [-0.25, -0.2) is 0 Å². The van der Waals surface area contributed by atoms with Gasteiger partial charge in [0.25, 0.3) is 0 Å². The van der Waals surface area contributed by atoms with Gasteiger partial charge in [0, 0.05) is 25.2 Å². The van der Waals surface area contributed by atoms with Crippen molar-refractivity contribution in [1.82, 2.24) is 5.32 Å². The molecule has 3 heteroatoms. The quantitative estimate of drug-likeness (QED) is 0.606. The van der Waals surface area contributed by atoms with E-state index in [9.17, 15) is 0 Å². The van der Waals surface area contributed by atoms with E-state index in [4.69, 9.17) is 10.5 Å². The number of nitrogens with one attached hydrogen (secondary N) is 1. The largest absolute Gasteiger partial charge is 0.380 e. The van der Waals surface area contributed by atoms with E-state index in [-0.39, 0.29) is 0 Å². The second kappa shape index (κ2) is 6.38. The summed E-state index contributed by atoms with van der Waals surface area (Å²) >= 11 is 0. The molecule has 0 atom stereocenters. The molecule has 1 saturated carbocycles. The van der Waals surface area contributed by atoms with Crippen LogP contribution >= 0.6 is 0 Å². The fourth-order valence-electron chi connectivity index (χ4n) is 1.58. The predicted molar refractivity (Wildman–Crippen MR) is 59.3 cm³/mol. The van der Waals surface area contributed by atoms with Gasteiger partial charge in [0.1, 0.15) is 0 Å². The molecular formula is C11H24N2O. The van der Waals surface area contributed by atoms with Gasteiger partial charge in [-0.05, 0) is 25.2 Å². The van der Waals surface area contributed by atoms with Crippen molar-refractivity contribution in [3.8, 4) is 0 Å². The molecule has 3 nitrogen and oxygen atoms in total. The first kappa shape index (κ1) is 12.0. The molecule has 1 aliphatic carbocycles. The second-order valence-electron chi connectivity index (χ2n) is 4.68. The number of rotatable bonds is 7. The van der Waals surface area contributed by atoms with Crippen molar-refractivity contribution in [2.75, 3.05) is 19.8 Å². The topological polar surface area (TPSA) is 47.3 Å². The molecule has 3 N–H and O–H groups in total. The van der Waals surface area contributed by atoms with E-state index in [1.54, 1.807) is 0 Å². The number of ether oxygens (including phenoxy) is 1. The first-order valence-electron chi connectivity index (χ1n) is 5.75. The highest BCUT2D eigenvalue weighted by Gasteiger charge is 2.24. The third-order valence-electron chi connectivity index (χ3n) is 2.69. The highest BCUT2D eigenvalue weighted by atomic mass is 16.5. The summed E-state index contributed by atoms with van der Waals surface area (Å²) in [5.74, 6) is 0.743. The minimum absolute atomic E-state index is 0.439. The Morgan fingerprint density at radius 1 is 1.36 bits per heavy atom. The number of nitrogens with two attached hydrogens (primary N) is 1. The Hall–Kier alpha value is -0.120. The van der Waals surface area contributed by atoms with Crippen LogP contribution in [-0.4, -0.2) is 31.8 Å². The lowest BCUT2D eigenvalue weighted by molar-refractivity contribution is 0.119. The van der Waals surface area contributed by atoms with E-state index >= 15 is 0 Å². The fourth-order valence-corrected chi connectivity index (χ4v) is 1.58. The Kier molecular flexibility index (Phi) is 5.45. The minimum Gasteiger partial charge on any atom is -0.380 e. The van der Waals surface area contributed by atoms with E-state index in [0.29, 0.717) is 12.1 Å². The first-order valence-corrected chi connectivity index (χ1v) is 5.75. The van der Waals surface area contributed by atoms with Crippen LogP contribution < -0.4 is 11.1 Å². The smallest absolute Gasteiger partial charge is 0.0591 e. The van der Waals surface area contributed by atoms with E-state index in [2.05, 4.69) is 19.2 Å². The fraction of sp³-hybridized carbons (Fsp3) is 1.00. The molecular weight excluding hydrogens is 176 g/mol. The van der Waals surface area contributed by atoms with E-state index in [1.165, 1.54) is 0 Å². The van der Waals surface area contributed by atoms with Gasteiger partial charge in [0.2, 0.25) is 0 Å². The lowest BCUT2D eigenvalue weighted by Crippen LogP contribution is -2.49. The lowest BCUT2D eigenvalue weighted by atomic mass is 9.88. The lowest BCUT2D eigenvalue weighted by Gasteiger charge is -2.33. The molecule has 0 radical (unpaired) electrons. The van der Waals surface area contributed by atoms with Gasteiger partial charge in [-0.3, -0.25) is 0 Å². The van der Waals surface area contributed by atoms with E-state index < -0.39 is 0 Å². The van der Waals surface area contributed by atoms with Crippen LogP contribution in [0.25, 0.3) is 0 Å². The minimum atomic E-state index is 0.439. The molecule has 1 aliphatic rings. The Balaban J connectivity index is 1.76. The normalized spacial score (nSPS) is 26.6. The van der Waals surface area contributed by atoms with E-state index in [0.717, 1.165) is 44.9 Å². The molecule has 0 heterocycles. The molecule has 0 aliphatic heterocycles. The Morgan fingerprint density at radius 2 is 2.07 bits per heavy atom.